The van der Waals surface area contributed by atoms with Gasteiger partial charge in [-0.3, -0.25) is 4.79 Å². The molecule has 8 heteroatoms. The highest BCUT2D eigenvalue weighted by Crippen LogP contribution is 2.25. The Morgan fingerprint density at radius 1 is 1.03 bits per heavy atom. The van der Waals surface area contributed by atoms with E-state index in [9.17, 15) is 4.79 Å². The van der Waals surface area contributed by atoms with Crippen molar-refractivity contribution in [1.82, 2.24) is 15.2 Å². The summed E-state index contributed by atoms with van der Waals surface area (Å²) < 4.78 is 12.9. The number of hydrogen-bond donors (Lipinski definition) is 1. The fourth-order valence-electron chi connectivity index (χ4n) is 3.26. The number of nitrogens with one attached hydrogen (secondary N) is 1. The first-order chi connectivity index (χ1) is 17.1. The third-order valence-corrected chi connectivity index (χ3v) is 5.26. The topological polar surface area (TPSA) is 77.7 Å². The number of ether oxygens (including phenoxy) is 2. The Kier molecular flexibility index (Phi) is 8.14. The SMILES string of the molecule is CCCOc1ccc(-c2nn(-c3ccccc3)cc2C=NNC(=O)COc2ccccc2Cl)cc1. The molecule has 35 heavy (non-hydrogen) atoms. The Hall–Kier alpha value is -4.10. The van der Waals surface area contributed by atoms with Crippen LogP contribution in [0.15, 0.2) is 90.2 Å². The number of rotatable bonds is 10. The largest absolute Gasteiger partial charge is 0.494 e. The number of aromatic nitrogens is 2. The minimum Gasteiger partial charge on any atom is -0.494 e. The molecular weight excluding hydrogens is 464 g/mol. The number of nitrogens with zero attached hydrogens (tertiary/aromatic N) is 3. The Balaban J connectivity index is 1.50. The Morgan fingerprint density at radius 3 is 2.51 bits per heavy atom. The molecule has 178 valence electrons. The Bertz CT molecular complexity index is 1290. The van der Waals surface area contributed by atoms with E-state index in [-0.39, 0.29) is 6.61 Å². The highest BCUT2D eigenvalue weighted by molar-refractivity contribution is 6.32. The summed E-state index contributed by atoms with van der Waals surface area (Å²) in [5, 5.41) is 9.31. The van der Waals surface area contributed by atoms with Gasteiger partial charge < -0.3 is 9.47 Å². The third-order valence-electron chi connectivity index (χ3n) is 4.95. The number of carbonyl (C=O) groups is 1. The van der Waals surface area contributed by atoms with Crippen molar-refractivity contribution in [2.75, 3.05) is 13.2 Å². The van der Waals surface area contributed by atoms with Crippen molar-refractivity contribution >= 4 is 23.7 Å². The van der Waals surface area contributed by atoms with E-state index in [0.717, 1.165) is 34.7 Å². The highest BCUT2D eigenvalue weighted by atomic mass is 35.5. The smallest absolute Gasteiger partial charge is 0.277 e. The lowest BCUT2D eigenvalue weighted by atomic mass is 10.1. The quantitative estimate of drug-likeness (QED) is 0.236. The lowest BCUT2D eigenvalue weighted by Crippen LogP contribution is -2.24. The van der Waals surface area contributed by atoms with Crippen LogP contribution in [0, 0.1) is 0 Å². The normalized spacial score (nSPS) is 10.9. The Morgan fingerprint density at radius 2 is 1.77 bits per heavy atom. The van der Waals surface area contributed by atoms with Gasteiger partial charge in [-0.15, -0.1) is 0 Å². The van der Waals surface area contributed by atoms with Gasteiger partial charge in [-0.25, -0.2) is 10.1 Å². The number of amides is 1. The van der Waals surface area contributed by atoms with Crippen LogP contribution in [0.5, 0.6) is 11.5 Å². The van der Waals surface area contributed by atoms with E-state index >= 15 is 0 Å². The van der Waals surface area contributed by atoms with Crippen molar-refractivity contribution in [3.05, 3.63) is 95.6 Å². The van der Waals surface area contributed by atoms with Crippen molar-refractivity contribution in [3.63, 3.8) is 0 Å². The van der Waals surface area contributed by atoms with Gasteiger partial charge in [0.2, 0.25) is 0 Å². The van der Waals surface area contributed by atoms with Crippen molar-refractivity contribution in [2.45, 2.75) is 13.3 Å². The van der Waals surface area contributed by atoms with Gasteiger partial charge >= 0.3 is 0 Å². The van der Waals surface area contributed by atoms with Crippen LogP contribution in [-0.4, -0.2) is 35.1 Å². The molecule has 3 aromatic carbocycles. The van der Waals surface area contributed by atoms with E-state index in [1.54, 1.807) is 35.2 Å². The van der Waals surface area contributed by atoms with Crippen LogP contribution in [0.1, 0.15) is 18.9 Å². The fraction of sp³-hybridized carbons (Fsp3) is 0.148. The van der Waals surface area contributed by atoms with E-state index in [0.29, 0.717) is 17.4 Å². The summed E-state index contributed by atoms with van der Waals surface area (Å²) >= 11 is 6.05. The highest BCUT2D eigenvalue weighted by Gasteiger charge is 2.12. The van der Waals surface area contributed by atoms with Crippen LogP contribution in [-0.2, 0) is 4.79 Å². The molecule has 0 bridgehead atoms. The molecule has 0 fully saturated rings. The monoisotopic (exact) mass is 488 g/mol. The average molecular weight is 489 g/mol. The molecule has 0 aliphatic heterocycles. The number of halogens is 1. The van der Waals surface area contributed by atoms with E-state index < -0.39 is 5.91 Å². The molecule has 0 spiro atoms. The zero-order chi connectivity index (χ0) is 24.5. The van der Waals surface area contributed by atoms with Crippen LogP contribution in [0.4, 0.5) is 0 Å². The third kappa shape index (κ3) is 6.49. The predicted molar refractivity (Wildman–Crippen MR) is 137 cm³/mol. The van der Waals surface area contributed by atoms with Crippen molar-refractivity contribution in [3.8, 4) is 28.4 Å². The molecule has 1 amide bonds. The maximum absolute atomic E-state index is 12.2. The molecule has 4 aromatic rings. The van der Waals surface area contributed by atoms with Crippen LogP contribution in [0.25, 0.3) is 16.9 Å². The van der Waals surface area contributed by atoms with E-state index in [4.69, 9.17) is 26.2 Å². The molecule has 1 N–H and O–H groups in total. The number of para-hydroxylation sites is 2. The zero-order valence-corrected chi connectivity index (χ0v) is 20.0. The van der Waals surface area contributed by atoms with E-state index in [1.165, 1.54) is 0 Å². The van der Waals surface area contributed by atoms with Crippen LogP contribution in [0.3, 0.4) is 0 Å². The first-order valence-electron chi connectivity index (χ1n) is 11.2. The molecule has 1 heterocycles. The van der Waals surface area contributed by atoms with Crippen LogP contribution >= 0.6 is 11.6 Å². The molecule has 0 radical (unpaired) electrons. The standard InChI is InChI=1S/C27H25ClN4O3/c1-2-16-34-23-14-12-20(13-15-23)27-21(18-32(31-27)22-8-4-3-5-9-22)17-29-30-26(33)19-35-25-11-7-6-10-24(25)28/h3-15,17-18H,2,16,19H2,1H3,(H,30,33). The molecule has 1 aromatic heterocycles. The maximum atomic E-state index is 12.2. The van der Waals surface area contributed by atoms with Gasteiger partial charge in [0, 0.05) is 17.3 Å². The molecule has 7 nitrogen and oxygen atoms in total. The minimum absolute atomic E-state index is 0.212. The molecule has 4 rings (SSSR count). The summed E-state index contributed by atoms with van der Waals surface area (Å²) in [6, 6.07) is 24.5. The average Bonchev–Trinajstić information content (AvgIpc) is 3.32. The van der Waals surface area contributed by atoms with Crippen LogP contribution in [0.2, 0.25) is 5.02 Å². The summed E-state index contributed by atoms with van der Waals surface area (Å²) in [5.41, 5.74) is 5.76. The van der Waals surface area contributed by atoms with Gasteiger partial charge in [0.25, 0.3) is 5.91 Å². The predicted octanol–water partition coefficient (Wildman–Crippen LogP) is 5.51. The Labute approximate surface area is 209 Å². The number of benzene rings is 3. The number of carbonyl (C=O) groups excluding carboxylic acids is 1. The van der Waals surface area contributed by atoms with Gasteiger partial charge in [0.15, 0.2) is 6.61 Å². The molecule has 0 atom stereocenters. The lowest BCUT2D eigenvalue weighted by Gasteiger charge is -2.06. The number of hydrogen-bond acceptors (Lipinski definition) is 5. The molecule has 0 saturated carbocycles. The zero-order valence-electron chi connectivity index (χ0n) is 19.2. The second-order valence-electron chi connectivity index (χ2n) is 7.60. The molecule has 0 saturated heterocycles. The molecule has 0 aliphatic rings. The summed E-state index contributed by atoms with van der Waals surface area (Å²) in [6.07, 6.45) is 4.37. The van der Waals surface area contributed by atoms with E-state index in [1.807, 2.05) is 60.8 Å². The molecular formula is C27H25ClN4O3. The van der Waals surface area contributed by atoms with Gasteiger partial charge in [-0.1, -0.05) is 48.9 Å². The second-order valence-corrected chi connectivity index (χ2v) is 8.01. The maximum Gasteiger partial charge on any atom is 0.277 e. The first-order valence-corrected chi connectivity index (χ1v) is 11.6. The minimum atomic E-state index is -0.407. The fourth-order valence-corrected chi connectivity index (χ4v) is 3.45. The van der Waals surface area contributed by atoms with Gasteiger partial charge in [-0.2, -0.15) is 10.2 Å². The lowest BCUT2D eigenvalue weighted by molar-refractivity contribution is -0.123. The first kappa shape index (κ1) is 24.0. The van der Waals surface area contributed by atoms with Crippen molar-refractivity contribution in [1.29, 1.82) is 0 Å². The summed E-state index contributed by atoms with van der Waals surface area (Å²) in [7, 11) is 0. The molecule has 0 aliphatic carbocycles. The van der Waals surface area contributed by atoms with Gasteiger partial charge in [0.05, 0.1) is 23.5 Å². The second kappa shape index (κ2) is 11.9. The summed E-state index contributed by atoms with van der Waals surface area (Å²) in [4.78, 5) is 12.2. The van der Waals surface area contributed by atoms with Crippen molar-refractivity contribution in [2.24, 2.45) is 5.10 Å². The van der Waals surface area contributed by atoms with Gasteiger partial charge in [0.1, 0.15) is 17.2 Å². The number of hydrazone groups is 1. The summed E-state index contributed by atoms with van der Waals surface area (Å²) in [5.74, 6) is 0.834. The molecule has 0 unspecified atom stereocenters. The van der Waals surface area contributed by atoms with Crippen LogP contribution < -0.4 is 14.9 Å². The van der Waals surface area contributed by atoms with Gasteiger partial charge in [-0.05, 0) is 55.0 Å². The van der Waals surface area contributed by atoms with Crippen molar-refractivity contribution < 1.29 is 14.3 Å². The van der Waals surface area contributed by atoms with E-state index in [2.05, 4.69) is 17.5 Å². The summed E-state index contributed by atoms with van der Waals surface area (Å²) in [6.45, 7) is 2.52.